The third-order valence-electron chi connectivity index (χ3n) is 3.40. The number of anilines is 2. The third kappa shape index (κ3) is 4.19. The van der Waals surface area contributed by atoms with Crippen molar-refractivity contribution in [1.29, 1.82) is 0 Å². The van der Waals surface area contributed by atoms with Gasteiger partial charge in [0.05, 0.1) is 6.42 Å². The normalized spacial score (nSPS) is 10.1. The zero-order chi connectivity index (χ0) is 16.1. The van der Waals surface area contributed by atoms with Crippen LogP contribution in [-0.4, -0.2) is 11.8 Å². The molecule has 0 aromatic heterocycles. The smallest absolute Gasteiger partial charge is 0.228 e. The van der Waals surface area contributed by atoms with Crippen molar-refractivity contribution < 1.29 is 9.59 Å². The maximum atomic E-state index is 12.2. The highest BCUT2D eigenvalue weighted by atomic mass is 16.2. The fraction of sp³-hybridized carbons (Fsp3) is 0.222. The molecule has 0 aliphatic heterocycles. The molecule has 4 nitrogen and oxygen atoms in total. The summed E-state index contributed by atoms with van der Waals surface area (Å²) >= 11 is 0. The van der Waals surface area contributed by atoms with E-state index in [0.29, 0.717) is 17.8 Å². The van der Waals surface area contributed by atoms with Gasteiger partial charge in [-0.3, -0.25) is 9.59 Å². The van der Waals surface area contributed by atoms with E-state index in [2.05, 4.69) is 10.6 Å². The van der Waals surface area contributed by atoms with Crippen molar-refractivity contribution in [1.82, 2.24) is 0 Å². The summed E-state index contributed by atoms with van der Waals surface area (Å²) in [5, 5.41) is 5.65. The lowest BCUT2D eigenvalue weighted by Crippen LogP contribution is -2.16. The van der Waals surface area contributed by atoms with Gasteiger partial charge in [-0.15, -0.1) is 0 Å². The Kier molecular flexibility index (Phi) is 4.94. The number of carbonyl (C=O) groups is 2. The molecule has 0 aliphatic rings. The standard InChI is InChI=1S/C18H20N2O2/c1-12-7-9-15(10-8-12)11-18(22)20-17-6-4-5-16(13(17)2)19-14(3)21/h4-10H,11H2,1-3H3,(H,19,21)(H,20,22). The zero-order valence-electron chi connectivity index (χ0n) is 13.1. The van der Waals surface area contributed by atoms with Crippen LogP contribution in [0.3, 0.4) is 0 Å². The summed E-state index contributed by atoms with van der Waals surface area (Å²) in [5.74, 6) is -0.210. The first kappa shape index (κ1) is 15.8. The fourth-order valence-electron chi connectivity index (χ4n) is 2.18. The first-order chi connectivity index (χ1) is 10.5. The van der Waals surface area contributed by atoms with Crippen LogP contribution < -0.4 is 10.6 Å². The van der Waals surface area contributed by atoms with Crippen LogP contribution in [0.5, 0.6) is 0 Å². The Morgan fingerprint density at radius 2 is 1.50 bits per heavy atom. The highest BCUT2D eigenvalue weighted by Gasteiger charge is 2.09. The lowest BCUT2D eigenvalue weighted by Gasteiger charge is -2.12. The second-order valence-electron chi connectivity index (χ2n) is 5.37. The van der Waals surface area contributed by atoms with Crippen LogP contribution in [-0.2, 0) is 16.0 Å². The van der Waals surface area contributed by atoms with Gasteiger partial charge in [0.1, 0.15) is 0 Å². The van der Waals surface area contributed by atoms with Crippen LogP contribution in [0.15, 0.2) is 42.5 Å². The van der Waals surface area contributed by atoms with E-state index in [-0.39, 0.29) is 11.8 Å². The van der Waals surface area contributed by atoms with Crippen molar-refractivity contribution in [3.63, 3.8) is 0 Å². The molecule has 4 heteroatoms. The minimum Gasteiger partial charge on any atom is -0.326 e. The second kappa shape index (κ2) is 6.89. The van der Waals surface area contributed by atoms with Crippen molar-refractivity contribution in [3.8, 4) is 0 Å². The third-order valence-corrected chi connectivity index (χ3v) is 3.40. The van der Waals surface area contributed by atoms with Gasteiger partial charge in [0.2, 0.25) is 11.8 Å². The molecule has 2 aromatic rings. The fourth-order valence-corrected chi connectivity index (χ4v) is 2.18. The molecule has 0 radical (unpaired) electrons. The van der Waals surface area contributed by atoms with Crippen molar-refractivity contribution in [2.24, 2.45) is 0 Å². The topological polar surface area (TPSA) is 58.2 Å². The Hall–Kier alpha value is -2.62. The van der Waals surface area contributed by atoms with Gasteiger partial charge >= 0.3 is 0 Å². The average Bonchev–Trinajstić information content (AvgIpc) is 2.45. The summed E-state index contributed by atoms with van der Waals surface area (Å²) in [6.45, 7) is 5.34. The van der Waals surface area contributed by atoms with Crippen LogP contribution in [0.25, 0.3) is 0 Å². The van der Waals surface area contributed by atoms with E-state index in [1.807, 2.05) is 50.2 Å². The van der Waals surface area contributed by atoms with Gasteiger partial charge in [0.25, 0.3) is 0 Å². The van der Waals surface area contributed by atoms with E-state index in [9.17, 15) is 9.59 Å². The summed E-state index contributed by atoms with van der Waals surface area (Å²) in [7, 11) is 0. The van der Waals surface area contributed by atoms with Gasteiger partial charge in [-0.05, 0) is 37.1 Å². The van der Waals surface area contributed by atoms with Gasteiger partial charge in [-0.1, -0.05) is 35.9 Å². The quantitative estimate of drug-likeness (QED) is 0.908. The van der Waals surface area contributed by atoms with Gasteiger partial charge in [-0.25, -0.2) is 0 Å². The molecule has 0 heterocycles. The van der Waals surface area contributed by atoms with E-state index < -0.39 is 0 Å². The van der Waals surface area contributed by atoms with E-state index in [1.54, 1.807) is 6.07 Å². The summed E-state index contributed by atoms with van der Waals surface area (Å²) in [4.78, 5) is 23.3. The van der Waals surface area contributed by atoms with Crippen molar-refractivity contribution in [2.75, 3.05) is 10.6 Å². The van der Waals surface area contributed by atoms with E-state index in [0.717, 1.165) is 11.1 Å². The van der Waals surface area contributed by atoms with E-state index >= 15 is 0 Å². The number of rotatable bonds is 4. The Morgan fingerprint density at radius 1 is 0.909 bits per heavy atom. The number of aryl methyl sites for hydroxylation is 1. The lowest BCUT2D eigenvalue weighted by molar-refractivity contribution is -0.115. The molecule has 0 unspecified atom stereocenters. The summed E-state index contributed by atoms with van der Waals surface area (Å²) in [6.07, 6.45) is 0.323. The molecular weight excluding hydrogens is 276 g/mol. The van der Waals surface area contributed by atoms with Crippen LogP contribution in [0.2, 0.25) is 0 Å². The molecule has 0 bridgehead atoms. The van der Waals surface area contributed by atoms with Crippen molar-refractivity contribution in [3.05, 3.63) is 59.2 Å². The predicted molar refractivity (Wildman–Crippen MR) is 89.0 cm³/mol. The maximum absolute atomic E-state index is 12.2. The van der Waals surface area contributed by atoms with Crippen LogP contribution in [0, 0.1) is 13.8 Å². The highest BCUT2D eigenvalue weighted by Crippen LogP contribution is 2.23. The highest BCUT2D eigenvalue weighted by molar-refractivity contribution is 5.95. The summed E-state index contributed by atoms with van der Waals surface area (Å²) in [6, 6.07) is 13.3. The first-order valence-corrected chi connectivity index (χ1v) is 7.18. The SMILES string of the molecule is CC(=O)Nc1cccc(NC(=O)Cc2ccc(C)cc2)c1C. The molecule has 2 rings (SSSR count). The molecule has 2 aromatic carbocycles. The van der Waals surface area contributed by atoms with Gasteiger partial charge < -0.3 is 10.6 Å². The lowest BCUT2D eigenvalue weighted by atomic mass is 10.1. The predicted octanol–water partition coefficient (Wildman–Crippen LogP) is 3.44. The van der Waals surface area contributed by atoms with Gasteiger partial charge in [0, 0.05) is 18.3 Å². The number of benzene rings is 2. The first-order valence-electron chi connectivity index (χ1n) is 7.18. The van der Waals surface area contributed by atoms with Gasteiger partial charge in [-0.2, -0.15) is 0 Å². The van der Waals surface area contributed by atoms with Gasteiger partial charge in [0.15, 0.2) is 0 Å². The molecule has 114 valence electrons. The molecule has 22 heavy (non-hydrogen) atoms. The molecule has 2 N–H and O–H groups in total. The van der Waals surface area contributed by atoms with E-state index in [4.69, 9.17) is 0 Å². The summed E-state index contributed by atoms with van der Waals surface area (Å²) in [5.41, 5.74) is 4.40. The number of amides is 2. The molecule has 0 aliphatic carbocycles. The number of carbonyl (C=O) groups excluding carboxylic acids is 2. The molecule has 2 amide bonds. The average molecular weight is 296 g/mol. The monoisotopic (exact) mass is 296 g/mol. The molecule has 0 spiro atoms. The Balaban J connectivity index is 2.08. The van der Waals surface area contributed by atoms with E-state index in [1.165, 1.54) is 12.5 Å². The van der Waals surface area contributed by atoms with Crippen molar-refractivity contribution in [2.45, 2.75) is 27.2 Å². The second-order valence-corrected chi connectivity index (χ2v) is 5.37. The molecule has 0 fully saturated rings. The Morgan fingerprint density at radius 3 is 2.09 bits per heavy atom. The Bertz CT molecular complexity index is 691. The largest absolute Gasteiger partial charge is 0.326 e. The van der Waals surface area contributed by atoms with Crippen molar-refractivity contribution >= 4 is 23.2 Å². The maximum Gasteiger partial charge on any atom is 0.228 e. The number of hydrogen-bond acceptors (Lipinski definition) is 2. The molecule has 0 atom stereocenters. The molecule has 0 saturated carbocycles. The molecular formula is C18H20N2O2. The minimum atomic E-state index is -0.133. The van der Waals surface area contributed by atoms with Crippen LogP contribution in [0.4, 0.5) is 11.4 Å². The Labute approximate surface area is 130 Å². The minimum absolute atomic E-state index is 0.0769. The molecule has 0 saturated heterocycles. The van der Waals surface area contributed by atoms with Crippen LogP contribution >= 0.6 is 0 Å². The van der Waals surface area contributed by atoms with Crippen LogP contribution in [0.1, 0.15) is 23.6 Å². The number of hydrogen-bond donors (Lipinski definition) is 2. The zero-order valence-corrected chi connectivity index (χ0v) is 13.1. The number of nitrogens with one attached hydrogen (secondary N) is 2. The summed E-state index contributed by atoms with van der Waals surface area (Å²) < 4.78 is 0.